The molecule has 0 aliphatic carbocycles. The van der Waals surface area contributed by atoms with Gasteiger partial charge in [0, 0.05) is 6.20 Å². The van der Waals surface area contributed by atoms with Crippen LogP contribution in [-0.2, 0) is 11.3 Å². The molecule has 0 saturated carbocycles. The van der Waals surface area contributed by atoms with Crippen molar-refractivity contribution in [1.82, 2.24) is 4.57 Å². The van der Waals surface area contributed by atoms with E-state index in [1.54, 1.807) is 0 Å². The van der Waals surface area contributed by atoms with Gasteiger partial charge in [0.25, 0.3) is 0 Å². The van der Waals surface area contributed by atoms with Crippen LogP contribution < -0.4 is 5.32 Å². The zero-order chi connectivity index (χ0) is 6.27. The average molecular weight is 122 g/mol. The molecule has 0 radical (unpaired) electrons. The molecule has 0 saturated heterocycles. The summed E-state index contributed by atoms with van der Waals surface area (Å²) in [4.78, 5) is 10.6. The van der Waals surface area contributed by atoms with Crippen LogP contribution in [0.15, 0.2) is 18.3 Å². The van der Waals surface area contributed by atoms with Crippen LogP contribution in [0.5, 0.6) is 0 Å². The number of carbonyl (C=O) groups excluding carboxylic acids is 1. The van der Waals surface area contributed by atoms with Gasteiger partial charge in [0.1, 0.15) is 12.4 Å². The maximum Gasteiger partial charge on any atom is 0.245 e. The molecule has 1 aliphatic heterocycles. The van der Waals surface area contributed by atoms with Crippen LogP contribution in [0.4, 0.5) is 5.82 Å². The van der Waals surface area contributed by atoms with Gasteiger partial charge >= 0.3 is 0 Å². The molecule has 9 heavy (non-hydrogen) atoms. The summed E-state index contributed by atoms with van der Waals surface area (Å²) < 4.78 is 1.88. The third-order valence-electron chi connectivity index (χ3n) is 1.41. The van der Waals surface area contributed by atoms with Crippen molar-refractivity contribution in [3.63, 3.8) is 0 Å². The Morgan fingerprint density at radius 2 is 2.56 bits per heavy atom. The molecule has 1 aromatic heterocycles. The van der Waals surface area contributed by atoms with E-state index < -0.39 is 0 Å². The molecule has 0 aromatic carbocycles. The average Bonchev–Trinajstić information content (AvgIpc) is 2.22. The van der Waals surface area contributed by atoms with Gasteiger partial charge in [-0.3, -0.25) is 4.79 Å². The van der Waals surface area contributed by atoms with E-state index in [1.165, 1.54) is 0 Å². The maximum absolute atomic E-state index is 10.6. The molecular weight excluding hydrogens is 116 g/mol. The van der Waals surface area contributed by atoms with Crippen LogP contribution in [0.3, 0.4) is 0 Å². The highest BCUT2D eigenvalue weighted by molar-refractivity contribution is 5.93. The fraction of sp³-hybridized carbons (Fsp3) is 0.167. The lowest BCUT2D eigenvalue weighted by Gasteiger charge is -1.87. The molecule has 3 nitrogen and oxygen atoms in total. The van der Waals surface area contributed by atoms with Gasteiger partial charge in [-0.1, -0.05) is 0 Å². The molecule has 2 heterocycles. The van der Waals surface area contributed by atoms with Crippen molar-refractivity contribution < 1.29 is 4.79 Å². The number of fused-ring (bicyclic) bond motifs is 1. The summed E-state index contributed by atoms with van der Waals surface area (Å²) in [6.45, 7) is 0.475. The molecule has 1 amide bonds. The summed E-state index contributed by atoms with van der Waals surface area (Å²) in [6.07, 6.45) is 1.88. The number of carbonyl (C=O) groups is 1. The second kappa shape index (κ2) is 1.37. The van der Waals surface area contributed by atoms with Crippen molar-refractivity contribution >= 4 is 11.7 Å². The summed E-state index contributed by atoms with van der Waals surface area (Å²) >= 11 is 0. The van der Waals surface area contributed by atoms with Crippen LogP contribution in [-0.4, -0.2) is 10.5 Å². The molecule has 3 heteroatoms. The van der Waals surface area contributed by atoms with E-state index in [9.17, 15) is 4.79 Å². The molecule has 0 spiro atoms. The van der Waals surface area contributed by atoms with Crippen molar-refractivity contribution in [2.75, 3.05) is 5.32 Å². The van der Waals surface area contributed by atoms with Crippen LogP contribution in [0.1, 0.15) is 0 Å². The number of nitrogens with zero attached hydrogens (tertiary/aromatic N) is 1. The van der Waals surface area contributed by atoms with Gasteiger partial charge in [0.15, 0.2) is 0 Å². The smallest absolute Gasteiger partial charge is 0.245 e. The largest absolute Gasteiger partial charge is 0.325 e. The third-order valence-corrected chi connectivity index (χ3v) is 1.41. The summed E-state index contributed by atoms with van der Waals surface area (Å²) in [7, 11) is 0. The number of anilines is 1. The lowest BCUT2D eigenvalue weighted by Crippen LogP contribution is -2.04. The van der Waals surface area contributed by atoms with Crippen molar-refractivity contribution in [3.05, 3.63) is 18.3 Å². The predicted molar refractivity (Wildman–Crippen MR) is 33.1 cm³/mol. The van der Waals surface area contributed by atoms with E-state index in [4.69, 9.17) is 0 Å². The first-order chi connectivity index (χ1) is 4.36. The van der Waals surface area contributed by atoms with E-state index in [1.807, 2.05) is 22.9 Å². The first-order valence-corrected chi connectivity index (χ1v) is 2.81. The van der Waals surface area contributed by atoms with E-state index in [0.29, 0.717) is 6.54 Å². The standard InChI is InChI=1S/C6H6N2O/c9-6-4-8-3-1-2-5(8)7-6/h1-3H,4H2,(H,7,9). The summed E-state index contributed by atoms with van der Waals surface area (Å²) in [5.41, 5.74) is 0. The summed E-state index contributed by atoms with van der Waals surface area (Å²) in [5, 5.41) is 2.70. The van der Waals surface area contributed by atoms with Crippen molar-refractivity contribution in [3.8, 4) is 0 Å². The van der Waals surface area contributed by atoms with Gasteiger partial charge in [-0.05, 0) is 12.1 Å². The van der Waals surface area contributed by atoms with Crippen molar-refractivity contribution in [1.29, 1.82) is 0 Å². The molecule has 2 rings (SSSR count). The van der Waals surface area contributed by atoms with Crippen LogP contribution in [0.25, 0.3) is 0 Å². The Bertz CT molecular complexity index is 229. The number of rotatable bonds is 0. The third kappa shape index (κ3) is 0.543. The van der Waals surface area contributed by atoms with Gasteiger partial charge in [0.05, 0.1) is 0 Å². The zero-order valence-corrected chi connectivity index (χ0v) is 4.79. The lowest BCUT2D eigenvalue weighted by molar-refractivity contribution is -0.115. The summed E-state index contributed by atoms with van der Waals surface area (Å²) in [5.74, 6) is 0.977. The number of hydrogen-bond donors (Lipinski definition) is 1. The van der Waals surface area contributed by atoms with Gasteiger partial charge < -0.3 is 9.88 Å². The van der Waals surface area contributed by atoms with Crippen LogP contribution >= 0.6 is 0 Å². The monoisotopic (exact) mass is 122 g/mol. The van der Waals surface area contributed by atoms with Gasteiger partial charge in [0.2, 0.25) is 5.91 Å². The Labute approximate surface area is 52.3 Å². The fourth-order valence-corrected chi connectivity index (χ4v) is 1.00. The highest BCUT2D eigenvalue weighted by atomic mass is 16.2. The topological polar surface area (TPSA) is 34.0 Å². The first kappa shape index (κ1) is 4.61. The minimum atomic E-state index is 0.0746. The molecule has 1 aromatic rings. The van der Waals surface area contributed by atoms with Gasteiger partial charge in [-0.25, -0.2) is 0 Å². The van der Waals surface area contributed by atoms with E-state index in [-0.39, 0.29) is 5.91 Å². The minimum Gasteiger partial charge on any atom is -0.325 e. The normalized spacial score (nSPS) is 15.3. The number of aromatic nitrogens is 1. The molecule has 0 unspecified atom stereocenters. The fourth-order valence-electron chi connectivity index (χ4n) is 1.00. The Balaban J connectivity index is 2.49. The summed E-state index contributed by atoms with van der Waals surface area (Å²) in [6, 6.07) is 3.79. The molecular formula is C6H6N2O. The second-order valence-electron chi connectivity index (χ2n) is 2.07. The van der Waals surface area contributed by atoms with E-state index >= 15 is 0 Å². The molecule has 1 aliphatic rings. The highest BCUT2D eigenvalue weighted by Gasteiger charge is 2.14. The lowest BCUT2D eigenvalue weighted by atomic mass is 10.6. The Kier molecular flexibility index (Phi) is 0.704. The number of hydrogen-bond acceptors (Lipinski definition) is 1. The number of amides is 1. The maximum atomic E-state index is 10.6. The first-order valence-electron chi connectivity index (χ1n) is 2.81. The quantitative estimate of drug-likeness (QED) is 0.532. The highest BCUT2D eigenvalue weighted by Crippen LogP contribution is 2.13. The second-order valence-corrected chi connectivity index (χ2v) is 2.07. The minimum absolute atomic E-state index is 0.0746. The zero-order valence-electron chi connectivity index (χ0n) is 4.79. The molecule has 0 fully saturated rings. The Hall–Kier alpha value is -1.25. The number of nitrogens with one attached hydrogen (secondary N) is 1. The molecule has 46 valence electrons. The molecule has 1 N–H and O–H groups in total. The van der Waals surface area contributed by atoms with Crippen molar-refractivity contribution in [2.45, 2.75) is 6.54 Å². The molecule has 0 bridgehead atoms. The van der Waals surface area contributed by atoms with Gasteiger partial charge in [-0.2, -0.15) is 0 Å². The van der Waals surface area contributed by atoms with E-state index in [0.717, 1.165) is 5.82 Å². The van der Waals surface area contributed by atoms with Crippen molar-refractivity contribution in [2.24, 2.45) is 0 Å². The van der Waals surface area contributed by atoms with Gasteiger partial charge in [-0.15, -0.1) is 0 Å². The van der Waals surface area contributed by atoms with Crippen LogP contribution in [0.2, 0.25) is 0 Å². The van der Waals surface area contributed by atoms with Crippen LogP contribution in [0, 0.1) is 0 Å². The SMILES string of the molecule is O=C1Cn2cccc2N1. The Morgan fingerprint density at radius 1 is 1.67 bits per heavy atom. The Morgan fingerprint density at radius 3 is 3.33 bits per heavy atom. The molecule has 0 atom stereocenters. The van der Waals surface area contributed by atoms with E-state index in [2.05, 4.69) is 5.32 Å². The predicted octanol–water partition coefficient (Wildman–Crippen LogP) is 0.440.